The Balaban J connectivity index is 1.12. The highest BCUT2D eigenvalue weighted by Gasteiger charge is 2.25. The Labute approximate surface area is 263 Å². The number of nitrogens with one attached hydrogen (secondary N) is 2. The molecule has 3 N–H and O–H groups in total. The van der Waals surface area contributed by atoms with Crippen molar-refractivity contribution in [3.8, 4) is 17.2 Å². The number of unbranched alkanes of at least 4 members (excludes halogenated alkanes) is 1. The van der Waals surface area contributed by atoms with Crippen LogP contribution in [-0.4, -0.2) is 43.3 Å². The third-order valence-electron chi connectivity index (χ3n) is 7.83. The van der Waals surface area contributed by atoms with Crippen LogP contribution in [-0.2, 0) is 21.2 Å². The van der Waals surface area contributed by atoms with Gasteiger partial charge in [0.15, 0.2) is 0 Å². The average Bonchev–Trinajstić information content (AvgIpc) is 3.02. The Kier molecular flexibility index (Phi) is 10.4. The molecule has 0 bridgehead atoms. The number of anilines is 1. The van der Waals surface area contributed by atoms with Gasteiger partial charge in [-0.3, -0.25) is 4.79 Å². The molecule has 0 radical (unpaired) electrons. The van der Waals surface area contributed by atoms with Crippen molar-refractivity contribution in [3.05, 3.63) is 96.1 Å². The van der Waals surface area contributed by atoms with Crippen LogP contribution in [0.4, 0.5) is 5.69 Å². The van der Waals surface area contributed by atoms with Gasteiger partial charge in [0.05, 0.1) is 29.5 Å². The summed E-state index contributed by atoms with van der Waals surface area (Å²) >= 11 is 0. The van der Waals surface area contributed by atoms with E-state index in [9.17, 15) is 23.1 Å². The molecule has 4 aromatic rings. The van der Waals surface area contributed by atoms with Crippen molar-refractivity contribution < 1.29 is 32.6 Å². The molecular formula is C35H38N2O7S. The number of hydrogen-bond donors (Lipinski definition) is 3. The number of carbonyl (C=O) groups excluding carboxylic acids is 1. The Bertz CT molecular complexity index is 1750. The van der Waals surface area contributed by atoms with Gasteiger partial charge >= 0.3 is 5.97 Å². The van der Waals surface area contributed by atoms with Gasteiger partial charge in [-0.1, -0.05) is 49.7 Å². The molecule has 0 aliphatic heterocycles. The van der Waals surface area contributed by atoms with Crippen molar-refractivity contribution in [2.24, 2.45) is 0 Å². The number of aromatic carboxylic acids is 1. The van der Waals surface area contributed by atoms with E-state index in [1.54, 1.807) is 42.5 Å². The summed E-state index contributed by atoms with van der Waals surface area (Å²) in [6.45, 7) is 1.99. The molecular weight excluding hydrogens is 592 g/mol. The second-order valence-electron chi connectivity index (χ2n) is 11.4. The van der Waals surface area contributed by atoms with Crippen LogP contribution in [0.1, 0.15) is 61.4 Å². The first-order valence-corrected chi connectivity index (χ1v) is 16.9. The molecule has 4 aromatic carbocycles. The SMILES string of the molecule is CCCCS(=O)(=O)NC1CCC(Oc2ccc3cc(Oc4ccc(CC(=O)Nc5ccccc5C(=O)O)cc4)ccc3c2)CC1. The van der Waals surface area contributed by atoms with Gasteiger partial charge in [0.1, 0.15) is 17.2 Å². The number of rotatable bonds is 13. The van der Waals surface area contributed by atoms with Crippen molar-refractivity contribution in [3.63, 3.8) is 0 Å². The van der Waals surface area contributed by atoms with Gasteiger partial charge < -0.3 is 19.9 Å². The monoisotopic (exact) mass is 630 g/mol. The van der Waals surface area contributed by atoms with Crippen molar-refractivity contribution in [1.82, 2.24) is 4.72 Å². The van der Waals surface area contributed by atoms with Crippen LogP contribution in [0.3, 0.4) is 0 Å². The molecule has 1 amide bonds. The smallest absolute Gasteiger partial charge is 0.337 e. The van der Waals surface area contributed by atoms with E-state index in [0.717, 1.165) is 54.2 Å². The lowest BCUT2D eigenvalue weighted by Gasteiger charge is -2.29. The van der Waals surface area contributed by atoms with E-state index >= 15 is 0 Å². The van der Waals surface area contributed by atoms with E-state index in [2.05, 4.69) is 10.0 Å². The minimum atomic E-state index is -3.22. The van der Waals surface area contributed by atoms with Crippen molar-refractivity contribution in [1.29, 1.82) is 0 Å². The maximum Gasteiger partial charge on any atom is 0.337 e. The zero-order valence-corrected chi connectivity index (χ0v) is 26.0. The number of ether oxygens (including phenoxy) is 2. The number of hydrogen-bond acceptors (Lipinski definition) is 6. The zero-order chi connectivity index (χ0) is 31.8. The molecule has 0 heterocycles. The van der Waals surface area contributed by atoms with Crippen LogP contribution in [0.2, 0.25) is 0 Å². The molecule has 1 saturated carbocycles. The fourth-order valence-electron chi connectivity index (χ4n) is 5.45. The first-order chi connectivity index (χ1) is 21.7. The molecule has 5 rings (SSSR count). The normalized spacial score (nSPS) is 16.6. The summed E-state index contributed by atoms with van der Waals surface area (Å²) in [6.07, 6.45) is 4.80. The van der Waals surface area contributed by atoms with Gasteiger partial charge in [0.2, 0.25) is 15.9 Å². The molecule has 236 valence electrons. The minimum Gasteiger partial charge on any atom is -0.490 e. The Morgan fingerprint density at radius 3 is 2.18 bits per heavy atom. The number of sulfonamides is 1. The molecule has 9 nitrogen and oxygen atoms in total. The highest BCUT2D eigenvalue weighted by atomic mass is 32.2. The van der Waals surface area contributed by atoms with Crippen LogP contribution in [0.15, 0.2) is 84.9 Å². The lowest BCUT2D eigenvalue weighted by molar-refractivity contribution is -0.115. The maximum absolute atomic E-state index is 12.5. The molecule has 0 saturated heterocycles. The van der Waals surface area contributed by atoms with E-state index in [4.69, 9.17) is 9.47 Å². The molecule has 1 aliphatic carbocycles. The second kappa shape index (κ2) is 14.6. The van der Waals surface area contributed by atoms with E-state index in [-0.39, 0.29) is 41.5 Å². The van der Waals surface area contributed by atoms with Crippen LogP contribution in [0.25, 0.3) is 10.8 Å². The summed E-state index contributed by atoms with van der Waals surface area (Å²) in [7, 11) is -3.22. The van der Waals surface area contributed by atoms with Gasteiger partial charge in [-0.2, -0.15) is 0 Å². The quantitative estimate of drug-likeness (QED) is 0.146. The van der Waals surface area contributed by atoms with Gasteiger partial charge in [-0.05, 0) is 97.0 Å². The number of fused-ring (bicyclic) bond motifs is 1. The molecule has 0 spiro atoms. The Morgan fingerprint density at radius 1 is 0.844 bits per heavy atom. The molecule has 0 atom stereocenters. The fraction of sp³-hybridized carbons (Fsp3) is 0.314. The van der Waals surface area contributed by atoms with E-state index in [0.29, 0.717) is 17.9 Å². The largest absolute Gasteiger partial charge is 0.490 e. The van der Waals surface area contributed by atoms with Crippen LogP contribution in [0.5, 0.6) is 17.2 Å². The standard InChI is InChI=1S/C35H38N2O7S/c1-2-3-20-45(41,42)37-27-12-18-29(19-13-27)44-31-17-11-25-22-30(16-10-26(25)23-31)43-28-14-8-24(9-15-28)21-34(38)36-33-7-5-4-6-32(33)35(39)40/h4-11,14-17,22-23,27,29,37H,2-3,12-13,18-21H2,1H3,(H,36,38)(H,39,40). The minimum absolute atomic E-state index is 0.0222. The van der Waals surface area contributed by atoms with Gasteiger partial charge in [0.25, 0.3) is 0 Å². The van der Waals surface area contributed by atoms with Crippen molar-refractivity contribution >= 4 is 38.4 Å². The fourth-order valence-corrected chi connectivity index (χ4v) is 6.98. The number of carboxylic acids is 1. The Hall–Kier alpha value is -4.41. The maximum atomic E-state index is 12.5. The summed E-state index contributed by atoms with van der Waals surface area (Å²) < 4.78 is 39.6. The first-order valence-electron chi connectivity index (χ1n) is 15.3. The van der Waals surface area contributed by atoms with E-state index in [1.165, 1.54) is 6.07 Å². The van der Waals surface area contributed by atoms with E-state index in [1.807, 2.05) is 43.3 Å². The van der Waals surface area contributed by atoms with Gasteiger partial charge in [0, 0.05) is 6.04 Å². The molecule has 1 fully saturated rings. The van der Waals surface area contributed by atoms with Crippen LogP contribution < -0.4 is 19.5 Å². The summed E-state index contributed by atoms with van der Waals surface area (Å²) in [6, 6.07) is 25.2. The number of para-hydroxylation sites is 1. The van der Waals surface area contributed by atoms with Crippen molar-refractivity contribution in [2.45, 2.75) is 64.0 Å². The third kappa shape index (κ3) is 9.06. The highest BCUT2D eigenvalue weighted by molar-refractivity contribution is 7.89. The highest BCUT2D eigenvalue weighted by Crippen LogP contribution is 2.30. The molecule has 0 unspecified atom stereocenters. The third-order valence-corrected chi connectivity index (χ3v) is 9.35. The Morgan fingerprint density at radius 2 is 1.49 bits per heavy atom. The molecule has 1 aliphatic rings. The number of benzene rings is 4. The summed E-state index contributed by atoms with van der Waals surface area (Å²) in [4.78, 5) is 23.9. The lowest BCUT2D eigenvalue weighted by Crippen LogP contribution is -2.40. The van der Waals surface area contributed by atoms with Gasteiger partial charge in [-0.25, -0.2) is 17.9 Å². The zero-order valence-electron chi connectivity index (χ0n) is 25.2. The predicted octanol–water partition coefficient (Wildman–Crippen LogP) is 6.92. The molecule has 10 heteroatoms. The summed E-state index contributed by atoms with van der Waals surface area (Å²) in [5.41, 5.74) is 1.07. The molecule has 0 aromatic heterocycles. The van der Waals surface area contributed by atoms with Crippen molar-refractivity contribution in [2.75, 3.05) is 11.1 Å². The van der Waals surface area contributed by atoms with Crippen LogP contribution >= 0.6 is 0 Å². The van der Waals surface area contributed by atoms with E-state index < -0.39 is 16.0 Å². The summed E-state index contributed by atoms with van der Waals surface area (Å²) in [5, 5.41) is 14.0. The molecule has 45 heavy (non-hydrogen) atoms. The second-order valence-corrected chi connectivity index (χ2v) is 13.2. The topological polar surface area (TPSA) is 131 Å². The van der Waals surface area contributed by atoms with Crippen LogP contribution in [0, 0.1) is 0 Å². The summed E-state index contributed by atoms with van der Waals surface area (Å²) in [5.74, 6) is 0.855. The number of carboxylic acid groups (broad SMARTS) is 1. The number of carbonyl (C=O) groups is 2. The van der Waals surface area contributed by atoms with Gasteiger partial charge in [-0.15, -0.1) is 0 Å². The average molecular weight is 631 g/mol. The predicted molar refractivity (Wildman–Crippen MR) is 175 cm³/mol. The lowest BCUT2D eigenvalue weighted by atomic mass is 9.93. The first kappa shape index (κ1) is 32.0. The number of amides is 1.